The van der Waals surface area contributed by atoms with Gasteiger partial charge in [-0.15, -0.1) is 0 Å². The van der Waals surface area contributed by atoms with Gasteiger partial charge in [0.05, 0.1) is 6.42 Å². The van der Waals surface area contributed by atoms with Crippen LogP contribution in [0.1, 0.15) is 17.0 Å². The van der Waals surface area contributed by atoms with Crippen molar-refractivity contribution in [3.05, 3.63) is 74.8 Å². The smallest absolute Gasteiger partial charge is 0.315 e. The topological polar surface area (TPSA) is 76.5 Å². The van der Waals surface area contributed by atoms with Gasteiger partial charge in [-0.1, -0.05) is 35.9 Å². The Balaban J connectivity index is 1.67. The van der Waals surface area contributed by atoms with Gasteiger partial charge in [0.1, 0.15) is 5.75 Å². The molecule has 0 radical (unpaired) electrons. The molecule has 0 aliphatic carbocycles. The molecule has 6 nitrogen and oxygen atoms in total. The highest BCUT2D eigenvalue weighted by Gasteiger charge is 2.16. The summed E-state index contributed by atoms with van der Waals surface area (Å²) in [5.41, 5.74) is 2.44. The van der Waals surface area contributed by atoms with Crippen LogP contribution in [0.15, 0.2) is 47.3 Å². The van der Waals surface area contributed by atoms with Crippen molar-refractivity contribution >= 4 is 34.0 Å². The maximum atomic E-state index is 12.6. The molecule has 4 aromatic rings. The van der Waals surface area contributed by atoms with Gasteiger partial charge in [-0.2, -0.15) is 0 Å². The highest BCUT2D eigenvalue weighted by Crippen LogP contribution is 2.31. The average molecular weight is 382 g/mol. The molecule has 2 aromatic carbocycles. The third kappa shape index (κ3) is 3.08. The number of nitrogens with one attached hydrogen (secondary N) is 1. The third-order valence-electron chi connectivity index (χ3n) is 4.58. The highest BCUT2D eigenvalue weighted by molar-refractivity contribution is 6.35. The van der Waals surface area contributed by atoms with Crippen molar-refractivity contribution in [2.24, 2.45) is 0 Å². The van der Waals surface area contributed by atoms with Crippen molar-refractivity contribution in [1.29, 1.82) is 0 Å². The van der Waals surface area contributed by atoms with E-state index in [1.165, 1.54) is 6.07 Å². The third-order valence-corrected chi connectivity index (χ3v) is 4.91. The molecule has 0 saturated heterocycles. The van der Waals surface area contributed by atoms with Crippen molar-refractivity contribution in [2.75, 3.05) is 0 Å². The number of H-pyrrole nitrogens is 1. The minimum Gasteiger partial charge on any atom is -0.426 e. The monoisotopic (exact) mass is 381 g/mol. The van der Waals surface area contributed by atoms with Crippen LogP contribution in [0.25, 0.3) is 16.4 Å². The molecule has 1 N–H and O–H groups in total. The summed E-state index contributed by atoms with van der Waals surface area (Å²) in [6.45, 7) is 3.64. The Hall–Kier alpha value is -3.12. The van der Waals surface area contributed by atoms with E-state index < -0.39 is 5.97 Å². The summed E-state index contributed by atoms with van der Waals surface area (Å²) in [5.74, 6) is 0.0445. The molecule has 27 heavy (non-hydrogen) atoms. The molecule has 2 aromatic heterocycles. The van der Waals surface area contributed by atoms with Crippen molar-refractivity contribution in [3.8, 4) is 5.75 Å². The van der Waals surface area contributed by atoms with Gasteiger partial charge in [0.2, 0.25) is 0 Å². The quantitative estimate of drug-likeness (QED) is 0.434. The summed E-state index contributed by atoms with van der Waals surface area (Å²) in [6, 6.07) is 12.3. The number of hydrogen-bond donors (Lipinski definition) is 1. The molecule has 0 aliphatic heterocycles. The van der Waals surface area contributed by atoms with Crippen molar-refractivity contribution in [1.82, 2.24) is 14.6 Å². The standard InChI is InChI=1S/C20H16ClN3O3/c1-11-15(12(2)24-18(22-11)10-19(25)23-24)9-20(26)27-17-8-7-16(21)13-5-3-4-6-14(13)17/h3-8,10H,9H2,1-2H3,(H,23,25). The van der Waals surface area contributed by atoms with Crippen molar-refractivity contribution in [2.45, 2.75) is 20.3 Å². The Labute approximate surface area is 159 Å². The first-order valence-corrected chi connectivity index (χ1v) is 8.77. The van der Waals surface area contributed by atoms with Gasteiger partial charge in [-0.25, -0.2) is 9.50 Å². The molecule has 0 aliphatic rings. The Morgan fingerprint density at radius 2 is 1.93 bits per heavy atom. The number of rotatable bonds is 3. The first kappa shape index (κ1) is 17.3. The first-order valence-electron chi connectivity index (χ1n) is 8.40. The Morgan fingerprint density at radius 1 is 1.19 bits per heavy atom. The van der Waals surface area contributed by atoms with E-state index in [0.717, 1.165) is 22.0 Å². The van der Waals surface area contributed by atoms with Crippen LogP contribution < -0.4 is 10.3 Å². The van der Waals surface area contributed by atoms with Crippen LogP contribution in [0, 0.1) is 13.8 Å². The van der Waals surface area contributed by atoms with E-state index in [4.69, 9.17) is 16.3 Å². The fourth-order valence-electron chi connectivity index (χ4n) is 3.24. The highest BCUT2D eigenvalue weighted by atomic mass is 35.5. The second-order valence-electron chi connectivity index (χ2n) is 6.32. The number of carbonyl (C=O) groups excluding carboxylic acids is 1. The van der Waals surface area contributed by atoms with Gasteiger partial charge in [0.15, 0.2) is 5.65 Å². The molecular formula is C20H16ClN3O3. The molecule has 4 rings (SSSR count). The Morgan fingerprint density at radius 3 is 2.70 bits per heavy atom. The predicted octanol–water partition coefficient (Wildman–Crippen LogP) is 3.59. The van der Waals surface area contributed by atoms with Crippen LogP contribution in [0.4, 0.5) is 0 Å². The summed E-state index contributed by atoms with van der Waals surface area (Å²) in [7, 11) is 0. The molecule has 7 heteroatoms. The fourth-order valence-corrected chi connectivity index (χ4v) is 3.47. The zero-order valence-electron chi connectivity index (χ0n) is 14.7. The lowest BCUT2D eigenvalue weighted by Crippen LogP contribution is -2.16. The second-order valence-corrected chi connectivity index (χ2v) is 6.72. The second kappa shape index (κ2) is 6.55. The Kier molecular flexibility index (Phi) is 4.20. The van der Waals surface area contributed by atoms with Crippen LogP contribution in [-0.4, -0.2) is 20.6 Å². The molecule has 0 bridgehead atoms. The number of ether oxygens (including phenoxy) is 1. The fraction of sp³-hybridized carbons (Fsp3) is 0.150. The number of esters is 1. The number of nitrogens with zero attached hydrogens (tertiary/aromatic N) is 2. The van der Waals surface area contributed by atoms with E-state index in [0.29, 0.717) is 22.1 Å². The number of fused-ring (bicyclic) bond motifs is 2. The number of aromatic nitrogens is 3. The van der Waals surface area contributed by atoms with Crippen molar-refractivity contribution < 1.29 is 9.53 Å². The van der Waals surface area contributed by atoms with Crippen LogP contribution in [0.3, 0.4) is 0 Å². The SMILES string of the molecule is Cc1nc2cc(=O)[nH]n2c(C)c1CC(=O)Oc1ccc(Cl)c2ccccc12. The largest absolute Gasteiger partial charge is 0.426 e. The lowest BCUT2D eigenvalue weighted by atomic mass is 10.1. The van der Waals surface area contributed by atoms with Gasteiger partial charge >= 0.3 is 5.97 Å². The first-order chi connectivity index (χ1) is 12.9. The van der Waals surface area contributed by atoms with E-state index in [1.807, 2.05) is 38.1 Å². The number of carbonyl (C=O) groups is 1. The summed E-state index contributed by atoms with van der Waals surface area (Å²) in [6.07, 6.45) is 0.0395. The van der Waals surface area contributed by atoms with Crippen LogP contribution >= 0.6 is 11.6 Å². The zero-order chi connectivity index (χ0) is 19.1. The van der Waals surface area contributed by atoms with E-state index in [1.54, 1.807) is 16.6 Å². The van der Waals surface area contributed by atoms with Gasteiger partial charge in [-0.05, 0) is 26.0 Å². The molecule has 136 valence electrons. The average Bonchev–Trinajstić information content (AvgIpc) is 3.02. The normalized spacial score (nSPS) is 11.2. The minimum atomic E-state index is -0.413. The van der Waals surface area contributed by atoms with E-state index in [9.17, 15) is 9.59 Å². The summed E-state index contributed by atoms with van der Waals surface area (Å²) < 4.78 is 7.19. The molecule has 0 saturated carbocycles. The number of hydrogen-bond acceptors (Lipinski definition) is 4. The molecule has 2 heterocycles. The molecule has 0 fully saturated rings. The van der Waals surface area contributed by atoms with E-state index in [-0.39, 0.29) is 12.0 Å². The van der Waals surface area contributed by atoms with Gasteiger partial charge < -0.3 is 4.74 Å². The number of aryl methyl sites for hydroxylation is 2. The van der Waals surface area contributed by atoms with E-state index in [2.05, 4.69) is 10.1 Å². The maximum Gasteiger partial charge on any atom is 0.315 e. The van der Waals surface area contributed by atoms with Crippen LogP contribution in [-0.2, 0) is 11.2 Å². The molecule has 0 unspecified atom stereocenters. The Bertz CT molecular complexity index is 1260. The molecule has 0 spiro atoms. The summed E-state index contributed by atoms with van der Waals surface area (Å²) in [5, 5.41) is 4.88. The van der Waals surface area contributed by atoms with Crippen molar-refractivity contribution in [3.63, 3.8) is 0 Å². The number of aromatic amines is 1. The number of halogens is 1. The van der Waals surface area contributed by atoms with Gasteiger partial charge in [-0.3, -0.25) is 14.7 Å². The van der Waals surface area contributed by atoms with Gasteiger partial charge in [0, 0.05) is 38.8 Å². The number of benzene rings is 2. The molecule has 0 amide bonds. The summed E-state index contributed by atoms with van der Waals surface area (Å²) in [4.78, 5) is 28.5. The van der Waals surface area contributed by atoms with Crippen LogP contribution in [0.2, 0.25) is 5.02 Å². The molecule has 0 atom stereocenters. The maximum absolute atomic E-state index is 12.6. The van der Waals surface area contributed by atoms with E-state index >= 15 is 0 Å². The lowest BCUT2D eigenvalue weighted by Gasteiger charge is -2.12. The summed E-state index contributed by atoms with van der Waals surface area (Å²) >= 11 is 6.21. The van der Waals surface area contributed by atoms with Crippen LogP contribution in [0.5, 0.6) is 5.75 Å². The molecular weight excluding hydrogens is 366 g/mol. The zero-order valence-corrected chi connectivity index (χ0v) is 15.5. The lowest BCUT2D eigenvalue weighted by molar-refractivity contribution is -0.133. The predicted molar refractivity (Wildman–Crippen MR) is 104 cm³/mol. The van der Waals surface area contributed by atoms with Gasteiger partial charge in [0.25, 0.3) is 5.56 Å². The minimum absolute atomic E-state index is 0.0395.